The predicted octanol–water partition coefficient (Wildman–Crippen LogP) is 5.54. The number of nitrogens with one attached hydrogen (secondary N) is 2. The van der Waals surface area contributed by atoms with Crippen LogP contribution in [0.5, 0.6) is 11.5 Å². The van der Waals surface area contributed by atoms with Gasteiger partial charge >= 0.3 is 0 Å². The number of nitriles is 1. The Balaban J connectivity index is 1.58. The Labute approximate surface area is 231 Å². The van der Waals surface area contributed by atoms with Gasteiger partial charge in [-0.15, -0.1) is 0 Å². The van der Waals surface area contributed by atoms with Crippen LogP contribution >= 0.6 is 45.8 Å². The summed E-state index contributed by atoms with van der Waals surface area (Å²) in [4.78, 5) is 24.1. The van der Waals surface area contributed by atoms with E-state index >= 15 is 0 Å². The van der Waals surface area contributed by atoms with Crippen molar-refractivity contribution in [2.75, 3.05) is 12.4 Å². The van der Waals surface area contributed by atoms with E-state index in [0.717, 1.165) is 9.13 Å². The third kappa shape index (κ3) is 7.58. The van der Waals surface area contributed by atoms with E-state index in [1.54, 1.807) is 36.4 Å². The Bertz CT molecular complexity index is 1360. The van der Waals surface area contributed by atoms with Crippen LogP contribution < -0.4 is 20.2 Å². The Kier molecular flexibility index (Phi) is 9.93. The molecule has 11 heteroatoms. The lowest BCUT2D eigenvalue weighted by Crippen LogP contribution is -2.24. The molecule has 0 saturated carbocycles. The first-order valence-electron chi connectivity index (χ1n) is 10.4. The molecule has 2 N–H and O–H groups in total. The zero-order chi connectivity index (χ0) is 26.1. The maximum absolute atomic E-state index is 12.1. The van der Waals surface area contributed by atoms with Crippen LogP contribution in [-0.4, -0.2) is 25.1 Å². The summed E-state index contributed by atoms with van der Waals surface area (Å²) < 4.78 is 12.1. The number of amides is 2. The molecule has 0 fully saturated rings. The van der Waals surface area contributed by atoms with Gasteiger partial charge in [-0.25, -0.2) is 5.43 Å². The summed E-state index contributed by atoms with van der Waals surface area (Å²) in [6, 6.07) is 17.4. The SMILES string of the molecule is COc1cc(C=NNC(=O)CC(=O)Nc2ccc(Cl)c(Cl)c2)cc(I)c1OCc1ccccc1C#N. The molecule has 3 aromatic rings. The molecule has 0 heterocycles. The third-order valence-electron chi connectivity index (χ3n) is 4.69. The second-order valence-corrected chi connectivity index (χ2v) is 9.22. The van der Waals surface area contributed by atoms with Crippen LogP contribution in [0.4, 0.5) is 5.69 Å². The molecule has 0 saturated heterocycles. The van der Waals surface area contributed by atoms with Gasteiger partial charge in [0.15, 0.2) is 11.5 Å². The highest BCUT2D eigenvalue weighted by atomic mass is 127. The normalized spacial score (nSPS) is 10.5. The standard InChI is InChI=1S/C25H19Cl2IN4O4/c1-35-22-9-15(8-21(28)25(22)36-14-17-5-3-2-4-16(17)12-29)13-30-32-24(34)11-23(33)31-18-6-7-19(26)20(27)10-18/h2-10,13H,11,14H2,1H3,(H,31,33)(H,32,34). The average Bonchev–Trinajstić information content (AvgIpc) is 2.85. The summed E-state index contributed by atoms with van der Waals surface area (Å²) >= 11 is 13.9. The van der Waals surface area contributed by atoms with Crippen molar-refractivity contribution in [3.05, 3.63) is 84.9 Å². The van der Waals surface area contributed by atoms with Gasteiger partial charge < -0.3 is 14.8 Å². The highest BCUT2D eigenvalue weighted by Gasteiger charge is 2.13. The second kappa shape index (κ2) is 13.1. The predicted molar refractivity (Wildman–Crippen MR) is 147 cm³/mol. The fourth-order valence-electron chi connectivity index (χ4n) is 3.00. The number of benzene rings is 3. The number of rotatable bonds is 9. The lowest BCUT2D eigenvalue weighted by Gasteiger charge is -2.14. The lowest BCUT2D eigenvalue weighted by atomic mass is 10.1. The van der Waals surface area contributed by atoms with E-state index in [1.807, 2.05) is 12.1 Å². The number of anilines is 1. The molecule has 184 valence electrons. The van der Waals surface area contributed by atoms with Crippen LogP contribution in [0, 0.1) is 14.9 Å². The fourth-order valence-corrected chi connectivity index (χ4v) is 4.08. The van der Waals surface area contributed by atoms with Gasteiger partial charge in [-0.1, -0.05) is 41.4 Å². The summed E-state index contributed by atoms with van der Waals surface area (Å²) in [5.74, 6) is -0.144. The molecule has 36 heavy (non-hydrogen) atoms. The molecule has 8 nitrogen and oxygen atoms in total. The molecule has 3 rings (SSSR count). The molecule has 0 radical (unpaired) electrons. The van der Waals surface area contributed by atoms with Crippen molar-refractivity contribution in [2.24, 2.45) is 5.10 Å². The van der Waals surface area contributed by atoms with Crippen molar-refractivity contribution in [3.8, 4) is 17.6 Å². The van der Waals surface area contributed by atoms with E-state index in [0.29, 0.717) is 33.3 Å². The van der Waals surface area contributed by atoms with E-state index in [4.69, 9.17) is 32.7 Å². The van der Waals surface area contributed by atoms with E-state index in [1.165, 1.54) is 19.4 Å². The largest absolute Gasteiger partial charge is 0.493 e. The quantitative estimate of drug-likeness (QED) is 0.139. The first-order chi connectivity index (χ1) is 17.3. The topological polar surface area (TPSA) is 113 Å². The summed E-state index contributed by atoms with van der Waals surface area (Å²) in [5, 5.41) is 16.4. The Morgan fingerprint density at radius 1 is 1.11 bits per heavy atom. The first-order valence-corrected chi connectivity index (χ1v) is 12.2. The number of methoxy groups -OCH3 is 1. The van der Waals surface area contributed by atoms with E-state index in [-0.39, 0.29) is 11.6 Å². The van der Waals surface area contributed by atoms with Gasteiger partial charge in [-0.05, 0) is 64.6 Å². The highest BCUT2D eigenvalue weighted by molar-refractivity contribution is 14.1. The number of halogens is 3. The molecule has 0 spiro atoms. The molecule has 2 amide bonds. The summed E-state index contributed by atoms with van der Waals surface area (Å²) in [7, 11) is 1.51. The summed E-state index contributed by atoms with van der Waals surface area (Å²) in [5.41, 5.74) is 4.68. The van der Waals surface area contributed by atoms with Crippen molar-refractivity contribution in [1.82, 2.24) is 5.43 Å². The number of hydrogen-bond donors (Lipinski definition) is 2. The molecular formula is C25H19Cl2IN4O4. The van der Waals surface area contributed by atoms with Crippen molar-refractivity contribution in [1.29, 1.82) is 5.26 Å². The molecule has 0 aliphatic carbocycles. The maximum atomic E-state index is 12.1. The van der Waals surface area contributed by atoms with Gasteiger partial charge in [0.2, 0.25) is 11.8 Å². The number of hydrogen-bond acceptors (Lipinski definition) is 6. The highest BCUT2D eigenvalue weighted by Crippen LogP contribution is 2.34. The number of ether oxygens (including phenoxy) is 2. The first kappa shape index (κ1) is 27.3. The molecule has 0 aromatic heterocycles. The van der Waals surface area contributed by atoms with Crippen LogP contribution in [-0.2, 0) is 16.2 Å². The van der Waals surface area contributed by atoms with Crippen LogP contribution in [0.25, 0.3) is 0 Å². The minimum absolute atomic E-state index is 0.198. The molecule has 0 atom stereocenters. The van der Waals surface area contributed by atoms with Crippen molar-refractivity contribution in [2.45, 2.75) is 13.0 Å². The van der Waals surface area contributed by atoms with Gasteiger partial charge in [0, 0.05) is 11.3 Å². The zero-order valence-corrected chi connectivity index (χ0v) is 22.5. The van der Waals surface area contributed by atoms with Gasteiger partial charge in [0.05, 0.1) is 38.6 Å². The number of hydrazone groups is 1. The Morgan fingerprint density at radius 2 is 1.89 bits per heavy atom. The summed E-state index contributed by atoms with van der Waals surface area (Å²) in [6.45, 7) is 0.198. The Hall–Kier alpha value is -3.33. The molecule has 0 unspecified atom stereocenters. The molecule has 0 aliphatic heterocycles. The fraction of sp³-hybridized carbons (Fsp3) is 0.120. The zero-order valence-electron chi connectivity index (χ0n) is 18.8. The number of carbonyl (C=O) groups is 2. The smallest absolute Gasteiger partial charge is 0.249 e. The average molecular weight is 637 g/mol. The molecule has 0 bridgehead atoms. The van der Waals surface area contributed by atoms with E-state index in [2.05, 4.69) is 44.5 Å². The van der Waals surface area contributed by atoms with Gasteiger partial charge in [0.1, 0.15) is 13.0 Å². The van der Waals surface area contributed by atoms with Gasteiger partial charge in [0.25, 0.3) is 0 Å². The number of nitrogens with zero attached hydrogens (tertiary/aromatic N) is 2. The number of carbonyl (C=O) groups excluding carboxylic acids is 2. The minimum atomic E-state index is -0.596. The van der Waals surface area contributed by atoms with Crippen LogP contribution in [0.15, 0.2) is 59.7 Å². The monoisotopic (exact) mass is 636 g/mol. The van der Waals surface area contributed by atoms with E-state index < -0.39 is 18.2 Å². The third-order valence-corrected chi connectivity index (χ3v) is 6.23. The van der Waals surface area contributed by atoms with Crippen LogP contribution in [0.3, 0.4) is 0 Å². The van der Waals surface area contributed by atoms with Crippen LogP contribution in [0.1, 0.15) is 23.1 Å². The van der Waals surface area contributed by atoms with Gasteiger partial charge in [-0.3, -0.25) is 9.59 Å². The van der Waals surface area contributed by atoms with Crippen molar-refractivity contribution < 1.29 is 19.1 Å². The van der Waals surface area contributed by atoms with Crippen molar-refractivity contribution >= 4 is 69.5 Å². The summed E-state index contributed by atoms with van der Waals surface area (Å²) in [6.07, 6.45) is 0.990. The molecule has 0 aliphatic rings. The lowest BCUT2D eigenvalue weighted by molar-refractivity contribution is -0.126. The van der Waals surface area contributed by atoms with Crippen molar-refractivity contribution in [3.63, 3.8) is 0 Å². The molecule has 3 aromatic carbocycles. The van der Waals surface area contributed by atoms with Crippen LogP contribution in [0.2, 0.25) is 10.0 Å². The second-order valence-electron chi connectivity index (χ2n) is 7.24. The maximum Gasteiger partial charge on any atom is 0.249 e. The Morgan fingerprint density at radius 3 is 2.61 bits per heavy atom. The molecular weight excluding hydrogens is 618 g/mol. The van der Waals surface area contributed by atoms with Gasteiger partial charge in [-0.2, -0.15) is 10.4 Å². The van der Waals surface area contributed by atoms with E-state index in [9.17, 15) is 14.9 Å². The minimum Gasteiger partial charge on any atom is -0.493 e.